The molecule has 2 heterocycles. The number of anilines is 1. The predicted molar refractivity (Wildman–Crippen MR) is 87.5 cm³/mol. The van der Waals surface area contributed by atoms with E-state index in [9.17, 15) is 0 Å². The fourth-order valence-electron chi connectivity index (χ4n) is 2.37. The number of nitrogens with zero attached hydrogens (tertiary/aromatic N) is 2. The van der Waals surface area contributed by atoms with E-state index in [2.05, 4.69) is 35.2 Å². The van der Waals surface area contributed by atoms with Crippen molar-refractivity contribution in [1.82, 2.24) is 15.3 Å². The summed E-state index contributed by atoms with van der Waals surface area (Å²) in [5, 5.41) is 4.07. The molecule has 112 valence electrons. The van der Waals surface area contributed by atoms with Crippen molar-refractivity contribution in [1.29, 1.82) is 0 Å². The van der Waals surface area contributed by atoms with Gasteiger partial charge in [-0.2, -0.15) is 0 Å². The Balaban J connectivity index is 2.49. The largest absolute Gasteiger partial charge is 0.383 e. The molecule has 2 aromatic heterocycles. The first-order valence-corrected chi connectivity index (χ1v) is 7.48. The molecule has 21 heavy (non-hydrogen) atoms. The lowest BCUT2D eigenvalue weighted by molar-refractivity contribution is 0.583. The molecule has 0 aliphatic heterocycles. The molecule has 0 aliphatic carbocycles. The van der Waals surface area contributed by atoms with Crippen LogP contribution in [-0.4, -0.2) is 16.5 Å². The first-order chi connectivity index (χ1) is 10.0. The summed E-state index contributed by atoms with van der Waals surface area (Å²) in [6.07, 6.45) is 4.46. The SMILES string of the molecule is CCCNC(c1cc(Cl)cnc1N)c1ncc(C)cc1C. The highest BCUT2D eigenvalue weighted by Gasteiger charge is 2.20. The van der Waals surface area contributed by atoms with Crippen molar-refractivity contribution >= 4 is 17.4 Å². The smallest absolute Gasteiger partial charge is 0.128 e. The van der Waals surface area contributed by atoms with E-state index in [-0.39, 0.29) is 6.04 Å². The minimum atomic E-state index is -0.100. The van der Waals surface area contributed by atoms with Gasteiger partial charge < -0.3 is 11.1 Å². The minimum Gasteiger partial charge on any atom is -0.383 e. The van der Waals surface area contributed by atoms with Crippen LogP contribution >= 0.6 is 11.6 Å². The predicted octanol–water partition coefficient (Wildman–Crippen LogP) is 3.42. The van der Waals surface area contributed by atoms with Crippen molar-refractivity contribution < 1.29 is 0 Å². The van der Waals surface area contributed by atoms with Crippen molar-refractivity contribution in [2.45, 2.75) is 33.2 Å². The van der Waals surface area contributed by atoms with Gasteiger partial charge in [0.05, 0.1) is 16.8 Å². The number of hydrogen-bond acceptors (Lipinski definition) is 4. The number of pyridine rings is 2. The molecule has 3 N–H and O–H groups in total. The number of nitrogen functional groups attached to an aromatic ring is 1. The zero-order valence-electron chi connectivity index (χ0n) is 12.7. The molecule has 2 rings (SSSR count). The van der Waals surface area contributed by atoms with Crippen LogP contribution in [0.4, 0.5) is 5.82 Å². The van der Waals surface area contributed by atoms with Gasteiger partial charge in [-0.3, -0.25) is 4.98 Å². The number of hydrogen-bond donors (Lipinski definition) is 2. The standard InChI is InChI=1S/C16H21ClN4/c1-4-5-19-15(13-7-12(17)9-21-16(13)18)14-11(3)6-10(2)8-20-14/h6-9,15,19H,4-5H2,1-3H3,(H2,18,21). The van der Waals surface area contributed by atoms with E-state index >= 15 is 0 Å². The molecule has 0 amide bonds. The van der Waals surface area contributed by atoms with E-state index < -0.39 is 0 Å². The Morgan fingerprint density at radius 1 is 1.24 bits per heavy atom. The van der Waals surface area contributed by atoms with Crippen LogP contribution in [0.1, 0.15) is 41.8 Å². The van der Waals surface area contributed by atoms with Gasteiger partial charge in [0.25, 0.3) is 0 Å². The van der Waals surface area contributed by atoms with Gasteiger partial charge in [-0.1, -0.05) is 24.6 Å². The topological polar surface area (TPSA) is 63.8 Å². The van der Waals surface area contributed by atoms with Crippen molar-refractivity contribution in [2.24, 2.45) is 0 Å². The summed E-state index contributed by atoms with van der Waals surface area (Å²) >= 11 is 6.08. The van der Waals surface area contributed by atoms with E-state index in [0.29, 0.717) is 10.8 Å². The lowest BCUT2D eigenvalue weighted by Gasteiger charge is -2.21. The first-order valence-electron chi connectivity index (χ1n) is 7.10. The maximum atomic E-state index is 6.08. The number of nitrogens with one attached hydrogen (secondary N) is 1. The molecular formula is C16H21ClN4. The van der Waals surface area contributed by atoms with Gasteiger partial charge in [-0.25, -0.2) is 4.98 Å². The zero-order valence-corrected chi connectivity index (χ0v) is 13.4. The number of nitrogens with two attached hydrogens (primary N) is 1. The molecule has 0 spiro atoms. The van der Waals surface area contributed by atoms with Crippen molar-refractivity contribution in [3.63, 3.8) is 0 Å². The molecule has 5 heteroatoms. The average Bonchev–Trinajstić information content (AvgIpc) is 2.44. The summed E-state index contributed by atoms with van der Waals surface area (Å²) in [7, 11) is 0. The van der Waals surface area contributed by atoms with E-state index in [1.165, 1.54) is 0 Å². The van der Waals surface area contributed by atoms with Gasteiger partial charge in [0.15, 0.2) is 0 Å². The number of aryl methyl sites for hydroxylation is 2. The monoisotopic (exact) mass is 304 g/mol. The lowest BCUT2D eigenvalue weighted by atomic mass is 9.99. The molecule has 0 bridgehead atoms. The average molecular weight is 305 g/mol. The van der Waals surface area contributed by atoms with Crippen molar-refractivity contribution in [3.05, 3.63) is 51.9 Å². The molecule has 0 aliphatic rings. The van der Waals surface area contributed by atoms with Gasteiger partial charge in [0, 0.05) is 18.0 Å². The summed E-state index contributed by atoms with van der Waals surface area (Å²) in [6, 6.07) is 3.88. The van der Waals surface area contributed by atoms with Gasteiger partial charge in [0.1, 0.15) is 5.82 Å². The molecule has 0 radical (unpaired) electrons. The second-order valence-corrected chi connectivity index (χ2v) is 5.67. The molecule has 0 fully saturated rings. The van der Waals surface area contributed by atoms with Crippen LogP contribution in [0, 0.1) is 13.8 Å². The highest BCUT2D eigenvalue weighted by Crippen LogP contribution is 2.28. The van der Waals surface area contributed by atoms with Crippen LogP contribution in [-0.2, 0) is 0 Å². The highest BCUT2D eigenvalue weighted by atomic mass is 35.5. The van der Waals surface area contributed by atoms with Crippen molar-refractivity contribution in [2.75, 3.05) is 12.3 Å². The Labute approximate surface area is 130 Å². The molecule has 1 unspecified atom stereocenters. The van der Waals surface area contributed by atoms with Crippen LogP contribution in [0.2, 0.25) is 5.02 Å². The van der Waals surface area contributed by atoms with Gasteiger partial charge in [0.2, 0.25) is 0 Å². The van der Waals surface area contributed by atoms with Gasteiger partial charge in [-0.05, 0) is 44.0 Å². The molecule has 4 nitrogen and oxygen atoms in total. The van der Waals surface area contributed by atoms with E-state index in [1.807, 2.05) is 19.2 Å². The summed E-state index contributed by atoms with van der Waals surface area (Å²) in [6.45, 7) is 7.09. The Bertz CT molecular complexity index is 628. The van der Waals surface area contributed by atoms with Crippen LogP contribution in [0.3, 0.4) is 0 Å². The number of rotatable bonds is 5. The summed E-state index contributed by atoms with van der Waals surface area (Å²) in [4.78, 5) is 8.75. The van der Waals surface area contributed by atoms with Crippen LogP contribution in [0.25, 0.3) is 0 Å². The van der Waals surface area contributed by atoms with Crippen LogP contribution < -0.4 is 11.1 Å². The molecule has 0 saturated heterocycles. The molecule has 2 aromatic rings. The quantitative estimate of drug-likeness (QED) is 0.888. The molecule has 0 saturated carbocycles. The molecule has 1 atom stereocenters. The molecular weight excluding hydrogens is 284 g/mol. The first kappa shape index (κ1) is 15.7. The maximum absolute atomic E-state index is 6.08. The highest BCUT2D eigenvalue weighted by molar-refractivity contribution is 6.30. The normalized spacial score (nSPS) is 12.4. The van der Waals surface area contributed by atoms with Gasteiger partial charge >= 0.3 is 0 Å². The second-order valence-electron chi connectivity index (χ2n) is 5.23. The van der Waals surface area contributed by atoms with Gasteiger partial charge in [-0.15, -0.1) is 0 Å². The summed E-state index contributed by atoms with van der Waals surface area (Å²) in [5.41, 5.74) is 10.1. The van der Waals surface area contributed by atoms with Crippen molar-refractivity contribution in [3.8, 4) is 0 Å². The zero-order chi connectivity index (χ0) is 15.4. The van der Waals surface area contributed by atoms with E-state index in [1.54, 1.807) is 6.20 Å². The Morgan fingerprint density at radius 2 is 2.00 bits per heavy atom. The third-order valence-electron chi connectivity index (χ3n) is 3.35. The Morgan fingerprint density at radius 3 is 2.67 bits per heavy atom. The number of halogens is 1. The van der Waals surface area contributed by atoms with E-state index in [0.717, 1.165) is 35.3 Å². The summed E-state index contributed by atoms with van der Waals surface area (Å²) in [5.74, 6) is 0.481. The van der Waals surface area contributed by atoms with Crippen LogP contribution in [0.15, 0.2) is 24.5 Å². The molecule has 0 aromatic carbocycles. The lowest BCUT2D eigenvalue weighted by Crippen LogP contribution is -2.26. The Kier molecular flexibility index (Phi) is 5.15. The third-order valence-corrected chi connectivity index (χ3v) is 3.56. The number of aromatic nitrogens is 2. The Hall–Kier alpha value is -1.65. The van der Waals surface area contributed by atoms with Crippen LogP contribution in [0.5, 0.6) is 0 Å². The minimum absolute atomic E-state index is 0.100. The van der Waals surface area contributed by atoms with E-state index in [4.69, 9.17) is 17.3 Å². The third kappa shape index (κ3) is 3.71. The summed E-state index contributed by atoms with van der Waals surface area (Å²) < 4.78 is 0. The maximum Gasteiger partial charge on any atom is 0.128 e. The fourth-order valence-corrected chi connectivity index (χ4v) is 2.53. The fraction of sp³-hybridized carbons (Fsp3) is 0.375. The second kappa shape index (κ2) is 6.87.